The average Bonchev–Trinajstić information content (AvgIpc) is 2.58. The summed E-state index contributed by atoms with van der Waals surface area (Å²) < 4.78 is 0. The molecule has 1 atom stereocenters. The zero-order valence-electron chi connectivity index (χ0n) is 12.6. The number of benzene rings is 2. The van der Waals surface area contributed by atoms with Crippen molar-refractivity contribution in [3.05, 3.63) is 70.8 Å². The van der Waals surface area contributed by atoms with Gasteiger partial charge in [0.15, 0.2) is 0 Å². The molecule has 1 N–H and O–H groups in total. The molecule has 0 aliphatic carbocycles. The van der Waals surface area contributed by atoms with Gasteiger partial charge in [0, 0.05) is 0 Å². The molecule has 2 aromatic carbocycles. The summed E-state index contributed by atoms with van der Waals surface area (Å²) in [5.41, 5.74) is 3.09. The van der Waals surface area contributed by atoms with E-state index in [1.807, 2.05) is 18.2 Å². The van der Waals surface area contributed by atoms with E-state index in [-0.39, 0.29) is 12.3 Å². The standard InChI is InChI=1S/C19H16N2O2/c20-12-15-6-4-14(5-7-15)8-9-18(11-19(22)23)17-3-1-2-16(10-17)13-21/h1-7,10,18H,8-9,11H2,(H,22,23)/t18-/m1/s1. The van der Waals surface area contributed by atoms with E-state index in [1.54, 1.807) is 30.3 Å². The predicted molar refractivity (Wildman–Crippen MR) is 85.6 cm³/mol. The lowest BCUT2D eigenvalue weighted by Crippen LogP contribution is -2.08. The fraction of sp³-hybridized carbons (Fsp3) is 0.211. The molecule has 0 aliphatic heterocycles. The van der Waals surface area contributed by atoms with Crippen LogP contribution >= 0.6 is 0 Å². The van der Waals surface area contributed by atoms with Crippen molar-refractivity contribution >= 4 is 5.97 Å². The van der Waals surface area contributed by atoms with Crippen LogP contribution in [0.3, 0.4) is 0 Å². The summed E-state index contributed by atoms with van der Waals surface area (Å²) in [4.78, 5) is 11.1. The van der Waals surface area contributed by atoms with E-state index in [0.29, 0.717) is 17.5 Å². The first-order valence-corrected chi connectivity index (χ1v) is 7.33. The Morgan fingerprint density at radius 2 is 1.74 bits per heavy atom. The Hall–Kier alpha value is -3.11. The number of carboxylic acids is 1. The normalized spacial score (nSPS) is 11.2. The van der Waals surface area contributed by atoms with Crippen molar-refractivity contribution in [1.29, 1.82) is 10.5 Å². The van der Waals surface area contributed by atoms with Gasteiger partial charge in [-0.15, -0.1) is 0 Å². The summed E-state index contributed by atoms with van der Waals surface area (Å²) in [5.74, 6) is -0.992. The lowest BCUT2D eigenvalue weighted by molar-refractivity contribution is -0.137. The second kappa shape index (κ2) is 7.77. The van der Waals surface area contributed by atoms with Gasteiger partial charge in [-0.25, -0.2) is 0 Å². The van der Waals surface area contributed by atoms with Crippen LogP contribution in [0.2, 0.25) is 0 Å². The molecular formula is C19H16N2O2. The first-order chi connectivity index (χ1) is 11.1. The van der Waals surface area contributed by atoms with Crippen molar-refractivity contribution in [2.45, 2.75) is 25.2 Å². The van der Waals surface area contributed by atoms with Gasteiger partial charge < -0.3 is 5.11 Å². The molecular weight excluding hydrogens is 288 g/mol. The minimum atomic E-state index is -0.850. The largest absolute Gasteiger partial charge is 0.481 e. The van der Waals surface area contributed by atoms with Gasteiger partial charge in [-0.2, -0.15) is 10.5 Å². The molecule has 0 radical (unpaired) electrons. The highest BCUT2D eigenvalue weighted by molar-refractivity contribution is 5.68. The van der Waals surface area contributed by atoms with Gasteiger partial charge in [-0.05, 0) is 54.2 Å². The number of carboxylic acid groups (broad SMARTS) is 1. The third kappa shape index (κ3) is 4.69. The van der Waals surface area contributed by atoms with Crippen LogP contribution in [0.1, 0.15) is 41.0 Å². The van der Waals surface area contributed by atoms with Gasteiger partial charge in [0.25, 0.3) is 0 Å². The molecule has 4 heteroatoms. The quantitative estimate of drug-likeness (QED) is 0.883. The first kappa shape index (κ1) is 16.3. The molecule has 114 valence electrons. The van der Waals surface area contributed by atoms with Gasteiger partial charge in [0.05, 0.1) is 29.7 Å². The van der Waals surface area contributed by atoms with Crippen LogP contribution in [0, 0.1) is 22.7 Å². The second-order valence-corrected chi connectivity index (χ2v) is 5.38. The topological polar surface area (TPSA) is 84.9 Å². The lowest BCUT2D eigenvalue weighted by Gasteiger charge is -2.15. The summed E-state index contributed by atoms with van der Waals surface area (Å²) in [5, 5.41) is 26.9. The van der Waals surface area contributed by atoms with E-state index in [2.05, 4.69) is 12.1 Å². The van der Waals surface area contributed by atoms with Crippen LogP contribution in [-0.4, -0.2) is 11.1 Å². The lowest BCUT2D eigenvalue weighted by atomic mass is 9.89. The Balaban J connectivity index is 2.13. The Bertz CT molecular complexity index is 767. The van der Waals surface area contributed by atoms with Crippen LogP contribution in [0.4, 0.5) is 0 Å². The van der Waals surface area contributed by atoms with Crippen molar-refractivity contribution < 1.29 is 9.90 Å². The first-order valence-electron chi connectivity index (χ1n) is 7.33. The van der Waals surface area contributed by atoms with Crippen molar-refractivity contribution in [2.24, 2.45) is 0 Å². The number of hydrogen-bond acceptors (Lipinski definition) is 3. The van der Waals surface area contributed by atoms with Crippen LogP contribution in [0.5, 0.6) is 0 Å². The Morgan fingerprint density at radius 3 is 2.35 bits per heavy atom. The third-order valence-corrected chi connectivity index (χ3v) is 3.77. The monoisotopic (exact) mass is 304 g/mol. The van der Waals surface area contributed by atoms with Gasteiger partial charge in [-0.3, -0.25) is 4.79 Å². The molecule has 0 aromatic heterocycles. The minimum absolute atomic E-state index is 0.0329. The van der Waals surface area contributed by atoms with Crippen molar-refractivity contribution in [2.75, 3.05) is 0 Å². The number of carbonyl (C=O) groups is 1. The fourth-order valence-corrected chi connectivity index (χ4v) is 2.55. The van der Waals surface area contributed by atoms with Crippen molar-refractivity contribution in [3.8, 4) is 12.1 Å². The number of rotatable bonds is 6. The highest BCUT2D eigenvalue weighted by Crippen LogP contribution is 2.26. The molecule has 0 saturated carbocycles. The number of nitrogens with zero attached hydrogens (tertiary/aromatic N) is 2. The summed E-state index contributed by atoms with van der Waals surface area (Å²) in [6, 6.07) is 18.6. The summed E-state index contributed by atoms with van der Waals surface area (Å²) >= 11 is 0. The minimum Gasteiger partial charge on any atom is -0.481 e. The molecule has 0 saturated heterocycles. The van der Waals surface area contributed by atoms with E-state index in [4.69, 9.17) is 15.6 Å². The fourth-order valence-electron chi connectivity index (χ4n) is 2.55. The predicted octanol–water partition coefficient (Wildman–Crippen LogP) is 3.62. The zero-order valence-corrected chi connectivity index (χ0v) is 12.6. The molecule has 0 unspecified atom stereocenters. The Morgan fingerprint density at radius 1 is 1.04 bits per heavy atom. The Labute approximate surface area is 135 Å². The Kier molecular flexibility index (Phi) is 5.50. The number of aliphatic carboxylic acids is 1. The van der Waals surface area contributed by atoms with Crippen LogP contribution in [0.15, 0.2) is 48.5 Å². The van der Waals surface area contributed by atoms with E-state index in [9.17, 15) is 4.79 Å². The summed E-state index contributed by atoms with van der Waals surface area (Å²) in [6.07, 6.45) is 1.43. The maximum Gasteiger partial charge on any atom is 0.303 e. The summed E-state index contributed by atoms with van der Waals surface area (Å²) in [6.45, 7) is 0. The van der Waals surface area contributed by atoms with Gasteiger partial charge >= 0.3 is 5.97 Å². The maximum atomic E-state index is 11.1. The van der Waals surface area contributed by atoms with Gasteiger partial charge in [-0.1, -0.05) is 24.3 Å². The molecule has 0 amide bonds. The van der Waals surface area contributed by atoms with Crippen LogP contribution in [-0.2, 0) is 11.2 Å². The van der Waals surface area contributed by atoms with E-state index < -0.39 is 5.97 Å². The molecule has 0 bridgehead atoms. The smallest absolute Gasteiger partial charge is 0.303 e. The highest BCUT2D eigenvalue weighted by Gasteiger charge is 2.16. The van der Waals surface area contributed by atoms with Crippen LogP contribution in [0.25, 0.3) is 0 Å². The van der Waals surface area contributed by atoms with E-state index in [1.165, 1.54) is 0 Å². The zero-order chi connectivity index (χ0) is 16.7. The van der Waals surface area contributed by atoms with E-state index >= 15 is 0 Å². The molecule has 0 spiro atoms. The number of aryl methyl sites for hydroxylation is 1. The number of nitriles is 2. The highest BCUT2D eigenvalue weighted by atomic mass is 16.4. The molecule has 23 heavy (non-hydrogen) atoms. The molecule has 0 fully saturated rings. The van der Waals surface area contributed by atoms with Crippen molar-refractivity contribution in [1.82, 2.24) is 0 Å². The number of hydrogen-bond donors (Lipinski definition) is 1. The van der Waals surface area contributed by atoms with Gasteiger partial charge in [0.1, 0.15) is 0 Å². The van der Waals surface area contributed by atoms with Gasteiger partial charge in [0.2, 0.25) is 0 Å². The molecule has 0 heterocycles. The maximum absolute atomic E-state index is 11.1. The molecule has 2 rings (SSSR count). The van der Waals surface area contributed by atoms with Crippen LogP contribution < -0.4 is 0 Å². The SMILES string of the molecule is N#Cc1ccc(CC[C@H](CC(=O)O)c2cccc(C#N)c2)cc1. The molecule has 4 nitrogen and oxygen atoms in total. The molecule has 2 aromatic rings. The average molecular weight is 304 g/mol. The summed E-state index contributed by atoms with van der Waals surface area (Å²) in [7, 11) is 0. The third-order valence-electron chi connectivity index (χ3n) is 3.77. The molecule has 0 aliphatic rings. The second-order valence-electron chi connectivity index (χ2n) is 5.38. The van der Waals surface area contributed by atoms with Crippen molar-refractivity contribution in [3.63, 3.8) is 0 Å². The van der Waals surface area contributed by atoms with E-state index in [0.717, 1.165) is 17.5 Å².